The molecule has 22 heavy (non-hydrogen) atoms. The van der Waals surface area contributed by atoms with Crippen LogP contribution in [0.4, 0.5) is 11.4 Å². The molecule has 4 nitrogen and oxygen atoms in total. The van der Waals surface area contributed by atoms with Crippen LogP contribution in [0.5, 0.6) is 5.75 Å². The number of benzene rings is 2. The molecule has 0 aromatic heterocycles. The predicted molar refractivity (Wildman–Crippen MR) is 96.5 cm³/mol. The lowest BCUT2D eigenvalue weighted by atomic mass is 10.1. The molecule has 2 aromatic carbocycles. The number of thiocarbonyl (C=S) groups is 1. The van der Waals surface area contributed by atoms with Crippen molar-refractivity contribution in [1.29, 1.82) is 0 Å². The second-order valence-corrected chi connectivity index (χ2v) is 5.39. The average molecular weight is 315 g/mol. The van der Waals surface area contributed by atoms with Gasteiger partial charge in [0.1, 0.15) is 5.75 Å². The maximum absolute atomic E-state index is 5.41. The van der Waals surface area contributed by atoms with Gasteiger partial charge in [0.25, 0.3) is 0 Å². The highest BCUT2D eigenvalue weighted by molar-refractivity contribution is 7.80. The van der Waals surface area contributed by atoms with Gasteiger partial charge in [-0.25, -0.2) is 0 Å². The second-order valence-electron chi connectivity index (χ2n) is 4.98. The third-order valence-electron chi connectivity index (χ3n) is 3.13. The Hall–Kier alpha value is -2.27. The van der Waals surface area contributed by atoms with Crippen LogP contribution in [0.25, 0.3) is 0 Å². The van der Waals surface area contributed by atoms with Crippen LogP contribution >= 0.6 is 12.2 Å². The van der Waals surface area contributed by atoms with E-state index in [1.165, 1.54) is 5.56 Å². The van der Waals surface area contributed by atoms with Crippen LogP contribution in [0.15, 0.2) is 42.5 Å². The number of anilines is 2. The molecule has 0 fully saturated rings. The maximum atomic E-state index is 5.41. The van der Waals surface area contributed by atoms with Gasteiger partial charge in [0, 0.05) is 5.69 Å². The van der Waals surface area contributed by atoms with Crippen molar-refractivity contribution in [2.75, 3.05) is 17.3 Å². The number of hydrogen-bond donors (Lipinski definition) is 3. The minimum absolute atomic E-state index is 0.505. The lowest BCUT2D eigenvalue weighted by Gasteiger charge is -2.15. The lowest BCUT2D eigenvalue weighted by molar-refractivity contribution is 0.340. The second kappa shape index (κ2) is 7.66. The number of aryl methyl sites for hydroxylation is 2. The smallest absolute Gasteiger partial charge is 0.189 e. The summed E-state index contributed by atoms with van der Waals surface area (Å²) in [6.07, 6.45) is 0. The topological polar surface area (TPSA) is 45.3 Å². The van der Waals surface area contributed by atoms with E-state index in [0.29, 0.717) is 11.7 Å². The van der Waals surface area contributed by atoms with E-state index >= 15 is 0 Å². The molecule has 0 amide bonds. The molecule has 0 unspecified atom stereocenters. The highest BCUT2D eigenvalue weighted by atomic mass is 32.1. The van der Waals surface area contributed by atoms with E-state index in [4.69, 9.17) is 17.0 Å². The molecule has 0 radical (unpaired) electrons. The van der Waals surface area contributed by atoms with Crippen LogP contribution < -0.4 is 20.9 Å². The van der Waals surface area contributed by atoms with Gasteiger partial charge in [0.05, 0.1) is 12.3 Å². The van der Waals surface area contributed by atoms with Crippen LogP contribution in [-0.2, 0) is 0 Å². The first-order chi connectivity index (χ1) is 10.6. The predicted octanol–water partition coefficient (Wildman–Crippen LogP) is 4.02. The summed E-state index contributed by atoms with van der Waals surface area (Å²) in [4.78, 5) is 0. The molecule has 5 heteroatoms. The maximum Gasteiger partial charge on any atom is 0.189 e. The number of ether oxygens (including phenoxy) is 1. The van der Waals surface area contributed by atoms with Crippen LogP contribution in [0, 0.1) is 13.8 Å². The van der Waals surface area contributed by atoms with Crippen molar-refractivity contribution >= 4 is 28.7 Å². The molecule has 0 aliphatic rings. The molecule has 2 rings (SSSR count). The first kappa shape index (κ1) is 16.1. The Bertz CT molecular complexity index is 641. The van der Waals surface area contributed by atoms with Crippen molar-refractivity contribution in [3.63, 3.8) is 0 Å². The van der Waals surface area contributed by atoms with E-state index in [1.807, 2.05) is 38.1 Å². The Balaban J connectivity index is 1.88. The largest absolute Gasteiger partial charge is 0.494 e. The third-order valence-corrected chi connectivity index (χ3v) is 3.33. The van der Waals surface area contributed by atoms with Crippen molar-refractivity contribution in [3.8, 4) is 5.75 Å². The highest BCUT2D eigenvalue weighted by Gasteiger charge is 2.01. The Morgan fingerprint density at radius 2 is 1.82 bits per heavy atom. The normalized spacial score (nSPS) is 9.95. The van der Waals surface area contributed by atoms with E-state index in [0.717, 1.165) is 22.7 Å². The molecular formula is C17H21N3OS. The van der Waals surface area contributed by atoms with Gasteiger partial charge in [0.15, 0.2) is 5.11 Å². The third kappa shape index (κ3) is 4.63. The Morgan fingerprint density at radius 3 is 2.50 bits per heavy atom. The Labute approximate surface area is 136 Å². The van der Waals surface area contributed by atoms with Crippen molar-refractivity contribution in [2.24, 2.45) is 0 Å². The van der Waals surface area contributed by atoms with Crippen molar-refractivity contribution in [1.82, 2.24) is 5.43 Å². The fraction of sp³-hybridized carbons (Fsp3) is 0.235. The zero-order valence-electron chi connectivity index (χ0n) is 13.1. The zero-order valence-corrected chi connectivity index (χ0v) is 13.9. The van der Waals surface area contributed by atoms with E-state index in [1.54, 1.807) is 0 Å². The molecule has 3 N–H and O–H groups in total. The summed E-state index contributed by atoms with van der Waals surface area (Å²) < 4.78 is 5.41. The van der Waals surface area contributed by atoms with Crippen LogP contribution in [0.2, 0.25) is 0 Å². The summed E-state index contributed by atoms with van der Waals surface area (Å²) in [7, 11) is 0. The summed E-state index contributed by atoms with van der Waals surface area (Å²) >= 11 is 5.28. The number of hydrazine groups is 1. The summed E-state index contributed by atoms with van der Waals surface area (Å²) in [5.74, 6) is 0.848. The van der Waals surface area contributed by atoms with Gasteiger partial charge in [-0.05, 0) is 74.4 Å². The molecule has 0 bridgehead atoms. The van der Waals surface area contributed by atoms with E-state index in [-0.39, 0.29) is 0 Å². The number of nitrogens with one attached hydrogen (secondary N) is 3. The molecule has 0 saturated heterocycles. The van der Waals surface area contributed by atoms with Crippen molar-refractivity contribution < 1.29 is 4.74 Å². The Morgan fingerprint density at radius 1 is 1.09 bits per heavy atom. The van der Waals surface area contributed by atoms with Crippen LogP contribution in [0.3, 0.4) is 0 Å². The average Bonchev–Trinajstić information content (AvgIpc) is 2.50. The van der Waals surface area contributed by atoms with Gasteiger partial charge < -0.3 is 10.1 Å². The molecular weight excluding hydrogens is 294 g/mol. The van der Waals surface area contributed by atoms with Gasteiger partial charge in [-0.3, -0.25) is 10.9 Å². The zero-order chi connectivity index (χ0) is 15.9. The van der Waals surface area contributed by atoms with Crippen molar-refractivity contribution in [3.05, 3.63) is 53.6 Å². The lowest BCUT2D eigenvalue weighted by Crippen LogP contribution is -2.33. The number of rotatable bonds is 5. The van der Waals surface area contributed by atoms with Gasteiger partial charge >= 0.3 is 0 Å². The first-order valence-electron chi connectivity index (χ1n) is 7.21. The minimum Gasteiger partial charge on any atom is -0.494 e. The van der Waals surface area contributed by atoms with Gasteiger partial charge in [-0.15, -0.1) is 0 Å². The first-order valence-corrected chi connectivity index (χ1v) is 7.62. The summed E-state index contributed by atoms with van der Waals surface area (Å²) in [5.41, 5.74) is 10.4. The monoisotopic (exact) mass is 315 g/mol. The van der Waals surface area contributed by atoms with Gasteiger partial charge in [-0.2, -0.15) is 0 Å². The van der Waals surface area contributed by atoms with Crippen LogP contribution in [0.1, 0.15) is 18.1 Å². The summed E-state index contributed by atoms with van der Waals surface area (Å²) in [6, 6.07) is 13.9. The van der Waals surface area contributed by atoms with E-state index in [2.05, 4.69) is 41.3 Å². The molecule has 0 aliphatic carbocycles. The number of hydrogen-bond acceptors (Lipinski definition) is 3. The van der Waals surface area contributed by atoms with Gasteiger partial charge in [-0.1, -0.05) is 12.1 Å². The fourth-order valence-corrected chi connectivity index (χ4v) is 2.13. The molecule has 0 saturated carbocycles. The molecule has 0 heterocycles. The van der Waals surface area contributed by atoms with Gasteiger partial charge in [0.2, 0.25) is 0 Å². The molecule has 0 aliphatic heterocycles. The SMILES string of the molecule is CCOc1ccc(NC(=S)NNc2cc(C)ccc2C)cc1. The molecule has 2 aromatic rings. The summed E-state index contributed by atoms with van der Waals surface area (Å²) in [5, 5.41) is 3.62. The van der Waals surface area contributed by atoms with E-state index < -0.39 is 0 Å². The fourth-order valence-electron chi connectivity index (χ4n) is 1.96. The summed E-state index contributed by atoms with van der Waals surface area (Å²) in [6.45, 7) is 6.73. The molecule has 0 spiro atoms. The quantitative estimate of drug-likeness (QED) is 0.575. The van der Waals surface area contributed by atoms with Crippen molar-refractivity contribution in [2.45, 2.75) is 20.8 Å². The Kier molecular flexibility index (Phi) is 5.61. The molecule has 0 atom stereocenters. The molecule has 116 valence electrons. The minimum atomic E-state index is 0.505. The standard InChI is InChI=1S/C17H21N3OS/c1-4-21-15-9-7-14(8-10-15)18-17(22)20-19-16-11-12(2)5-6-13(16)3/h5-11,19H,4H2,1-3H3,(H2,18,20,22). The van der Waals surface area contributed by atoms with Crippen LogP contribution in [-0.4, -0.2) is 11.7 Å². The highest BCUT2D eigenvalue weighted by Crippen LogP contribution is 2.16. The van der Waals surface area contributed by atoms with E-state index in [9.17, 15) is 0 Å².